The summed E-state index contributed by atoms with van der Waals surface area (Å²) in [5, 5.41) is 24.0. The summed E-state index contributed by atoms with van der Waals surface area (Å²) in [4.78, 5) is 41.0. The summed E-state index contributed by atoms with van der Waals surface area (Å²) in [6.07, 6.45) is 0. The van der Waals surface area contributed by atoms with Gasteiger partial charge in [0.1, 0.15) is 27.2 Å². The monoisotopic (exact) mass is 486 g/mol. The first-order valence-corrected chi connectivity index (χ1v) is 10.2. The number of benzene rings is 1. The lowest BCUT2D eigenvalue weighted by molar-refractivity contribution is -0.730. The van der Waals surface area contributed by atoms with Gasteiger partial charge in [0.2, 0.25) is 0 Å². The van der Waals surface area contributed by atoms with Crippen LogP contribution in [-0.2, 0) is 7.05 Å². The van der Waals surface area contributed by atoms with Crippen molar-refractivity contribution in [1.82, 2.24) is 10.3 Å². The van der Waals surface area contributed by atoms with Crippen LogP contribution in [0, 0.1) is 11.3 Å². The number of H-pyrrole nitrogens is 1. The van der Waals surface area contributed by atoms with Crippen molar-refractivity contribution in [2.75, 3.05) is 16.8 Å². The van der Waals surface area contributed by atoms with E-state index in [2.05, 4.69) is 15.6 Å². The second-order valence-electron chi connectivity index (χ2n) is 6.73. The molecule has 0 fully saturated rings. The average Bonchev–Trinajstić information content (AvgIpc) is 3.26. The van der Waals surface area contributed by atoms with Crippen LogP contribution in [0.4, 0.5) is 17.2 Å². The third-order valence-electron chi connectivity index (χ3n) is 4.72. The molecule has 4 aromatic rings. The smallest absolute Gasteiger partial charge is 0.435 e. The van der Waals surface area contributed by atoms with E-state index in [0.717, 1.165) is 11.3 Å². The molecule has 14 heteroatoms. The fourth-order valence-corrected chi connectivity index (χ4v) is 4.46. The second kappa shape index (κ2) is 7.93. The fraction of sp³-hybridized carbons (Fsp3) is 0.0526. The summed E-state index contributed by atoms with van der Waals surface area (Å²) in [5.41, 5.74) is 11.3. The quantitative estimate of drug-likeness (QED) is 0.266. The zero-order valence-corrected chi connectivity index (χ0v) is 18.2. The van der Waals surface area contributed by atoms with Crippen LogP contribution < -0.4 is 27.1 Å². The molecule has 0 bridgehead atoms. The summed E-state index contributed by atoms with van der Waals surface area (Å²) >= 11 is 6.75. The molecule has 0 aliphatic carbocycles. The van der Waals surface area contributed by atoms with E-state index in [-0.39, 0.29) is 59.7 Å². The summed E-state index contributed by atoms with van der Waals surface area (Å²) in [6.45, 7) is 0. The molecule has 0 unspecified atom stereocenters. The number of nitriles is 1. The van der Waals surface area contributed by atoms with Gasteiger partial charge in [0.25, 0.3) is 5.91 Å². The van der Waals surface area contributed by atoms with Gasteiger partial charge in [-0.05, 0) is 23.5 Å². The lowest BCUT2D eigenvalue weighted by atomic mass is 10.0. The first-order chi connectivity index (χ1) is 15.6. The average molecular weight is 487 g/mol. The molecular weight excluding hydrogens is 474 g/mol. The van der Waals surface area contributed by atoms with Crippen LogP contribution in [0.2, 0.25) is 5.02 Å². The van der Waals surface area contributed by atoms with Gasteiger partial charge in [-0.15, -0.1) is 11.3 Å². The highest BCUT2D eigenvalue weighted by molar-refractivity contribution is 7.21. The molecular formula is C19H13ClN7O5S+. The SMILES string of the molecule is C[n+]1[nH]oc(=O)c1-c1c(C#N)c(N)nc2sc(C(=O)Nc3ccc(Cl)c(C(=O)O)c3)c(N)c12. The maximum absolute atomic E-state index is 13.0. The highest BCUT2D eigenvalue weighted by Gasteiger charge is 2.32. The van der Waals surface area contributed by atoms with E-state index in [1.807, 2.05) is 6.07 Å². The van der Waals surface area contributed by atoms with Gasteiger partial charge in [-0.2, -0.15) is 5.26 Å². The molecule has 0 saturated carbocycles. The molecule has 7 N–H and O–H groups in total. The van der Waals surface area contributed by atoms with Gasteiger partial charge in [-0.3, -0.25) is 9.32 Å². The number of nitrogen functional groups attached to an aromatic ring is 2. The molecule has 33 heavy (non-hydrogen) atoms. The number of carbonyl (C=O) groups excluding carboxylic acids is 1. The number of nitrogens with two attached hydrogens (primary N) is 2. The zero-order valence-electron chi connectivity index (χ0n) is 16.6. The minimum absolute atomic E-state index is 0.00780. The minimum atomic E-state index is -1.26. The van der Waals surface area contributed by atoms with Crippen LogP contribution in [0.5, 0.6) is 0 Å². The molecule has 1 amide bonds. The highest BCUT2D eigenvalue weighted by atomic mass is 35.5. The van der Waals surface area contributed by atoms with Crippen LogP contribution in [0.1, 0.15) is 25.6 Å². The summed E-state index contributed by atoms with van der Waals surface area (Å²) < 4.78 is 6.03. The molecule has 0 aliphatic rings. The van der Waals surface area contributed by atoms with Crippen molar-refractivity contribution >= 4 is 62.2 Å². The molecule has 0 aliphatic heterocycles. The topological polar surface area (TPSA) is 205 Å². The Bertz CT molecular complexity index is 1580. The minimum Gasteiger partial charge on any atom is -0.478 e. The zero-order chi connectivity index (χ0) is 24.0. The third kappa shape index (κ3) is 3.53. The first-order valence-electron chi connectivity index (χ1n) is 8.97. The maximum atomic E-state index is 13.0. The Morgan fingerprint density at radius 1 is 1.39 bits per heavy atom. The van der Waals surface area contributed by atoms with Gasteiger partial charge in [0.05, 0.1) is 27.2 Å². The molecule has 0 radical (unpaired) electrons. The number of fused-ring (bicyclic) bond motifs is 1. The Morgan fingerprint density at radius 3 is 2.73 bits per heavy atom. The number of hydrogen-bond donors (Lipinski definition) is 5. The largest absolute Gasteiger partial charge is 0.478 e. The van der Waals surface area contributed by atoms with Gasteiger partial charge < -0.3 is 21.9 Å². The Labute approximate surface area is 192 Å². The van der Waals surface area contributed by atoms with Gasteiger partial charge in [0, 0.05) is 5.69 Å². The molecule has 12 nitrogen and oxygen atoms in total. The van der Waals surface area contributed by atoms with Crippen LogP contribution in [0.25, 0.3) is 21.5 Å². The molecule has 166 valence electrons. The highest BCUT2D eigenvalue weighted by Crippen LogP contribution is 2.41. The van der Waals surface area contributed by atoms with Crippen LogP contribution in [0.3, 0.4) is 0 Å². The second-order valence-corrected chi connectivity index (χ2v) is 8.13. The Balaban J connectivity index is 1.89. The number of amides is 1. The number of rotatable bonds is 4. The van der Waals surface area contributed by atoms with Gasteiger partial charge >= 0.3 is 17.3 Å². The predicted octanol–water partition coefficient (Wildman–Crippen LogP) is 1.71. The Kier molecular flexibility index (Phi) is 5.24. The molecule has 3 heterocycles. The number of nitrogens with zero attached hydrogens (tertiary/aromatic N) is 3. The van der Waals surface area contributed by atoms with Crippen molar-refractivity contribution in [2.24, 2.45) is 7.05 Å². The first kappa shape index (κ1) is 21.8. The number of carboxylic acid groups (broad SMARTS) is 1. The molecule has 3 aromatic heterocycles. The Hall–Kier alpha value is -4.41. The lowest BCUT2D eigenvalue weighted by Crippen LogP contribution is -2.34. The normalized spacial score (nSPS) is 10.8. The summed E-state index contributed by atoms with van der Waals surface area (Å²) in [5.74, 6) is -2.08. The number of pyridine rings is 1. The lowest BCUT2D eigenvalue weighted by Gasteiger charge is -2.07. The molecule has 0 spiro atoms. The van der Waals surface area contributed by atoms with E-state index in [4.69, 9.17) is 27.6 Å². The molecule has 0 saturated heterocycles. The number of thiophene rings is 1. The van der Waals surface area contributed by atoms with Gasteiger partial charge in [-0.25, -0.2) is 14.6 Å². The van der Waals surface area contributed by atoms with Crippen LogP contribution in [0.15, 0.2) is 27.5 Å². The molecule has 0 atom stereocenters. The van der Waals surface area contributed by atoms with E-state index in [1.54, 1.807) is 0 Å². The van der Waals surface area contributed by atoms with E-state index in [9.17, 15) is 24.8 Å². The Morgan fingerprint density at radius 2 is 2.12 bits per heavy atom. The number of carboxylic acids is 1. The number of aromatic amines is 1. The van der Waals surface area contributed by atoms with Gasteiger partial charge in [-0.1, -0.05) is 16.3 Å². The van der Waals surface area contributed by atoms with Crippen molar-refractivity contribution in [3.63, 3.8) is 0 Å². The number of aromatic nitrogens is 3. The maximum Gasteiger partial charge on any atom is 0.435 e. The van der Waals surface area contributed by atoms with E-state index < -0.39 is 17.5 Å². The number of nitrogens with one attached hydrogen (secondary N) is 2. The number of aromatic carboxylic acids is 1. The fourth-order valence-electron chi connectivity index (χ4n) is 3.25. The van der Waals surface area contributed by atoms with Crippen LogP contribution >= 0.6 is 22.9 Å². The molecule has 1 aromatic carbocycles. The van der Waals surface area contributed by atoms with Crippen molar-refractivity contribution in [3.05, 3.63) is 49.6 Å². The van der Waals surface area contributed by atoms with Gasteiger partial charge in [0.15, 0.2) is 7.05 Å². The van der Waals surface area contributed by atoms with E-state index in [0.29, 0.717) is 0 Å². The molecule has 4 rings (SSSR count). The summed E-state index contributed by atoms with van der Waals surface area (Å²) in [7, 11) is 1.49. The van der Waals surface area contributed by atoms with E-state index in [1.165, 1.54) is 29.9 Å². The van der Waals surface area contributed by atoms with Crippen molar-refractivity contribution in [3.8, 4) is 17.3 Å². The van der Waals surface area contributed by atoms with Crippen molar-refractivity contribution in [2.45, 2.75) is 0 Å². The number of anilines is 3. The number of carbonyl (C=O) groups is 2. The number of hydrogen-bond acceptors (Lipinski definition) is 9. The van der Waals surface area contributed by atoms with Crippen molar-refractivity contribution in [1.29, 1.82) is 5.26 Å². The van der Waals surface area contributed by atoms with E-state index >= 15 is 0 Å². The third-order valence-corrected chi connectivity index (χ3v) is 6.15. The van der Waals surface area contributed by atoms with Crippen molar-refractivity contribution < 1.29 is 23.9 Å². The van der Waals surface area contributed by atoms with Crippen LogP contribution in [-0.4, -0.2) is 27.2 Å². The summed E-state index contributed by atoms with van der Waals surface area (Å²) in [6, 6.07) is 5.87. The predicted molar refractivity (Wildman–Crippen MR) is 119 cm³/mol. The number of halogens is 1. The standard InChI is InChI=1S/C19H12ClN7O5S/c1-27-13(19(31)32-26-27)10-8(5-21)15(23)25-17-11(10)12(22)14(33-17)16(28)24-6-2-3-9(20)7(4-6)18(29)30/h2-4H,1H3,(H6-,22,23,24,25,26,28,29,30,31)/p+1. The number of aryl methyl sites for hydroxylation is 1.